The molecule has 0 saturated carbocycles. The fourth-order valence-corrected chi connectivity index (χ4v) is 1.66. The van der Waals surface area contributed by atoms with Gasteiger partial charge in [-0.1, -0.05) is 15.9 Å². The maximum atomic E-state index is 5.63. The van der Waals surface area contributed by atoms with Gasteiger partial charge >= 0.3 is 0 Å². The van der Waals surface area contributed by atoms with Crippen LogP contribution in [0.15, 0.2) is 16.6 Å². The molecule has 0 aliphatic heterocycles. The predicted octanol–water partition coefficient (Wildman–Crippen LogP) is 3.87. The third-order valence-corrected chi connectivity index (χ3v) is 3.46. The summed E-state index contributed by atoms with van der Waals surface area (Å²) in [4.78, 5) is 0. The molecule has 2 nitrogen and oxygen atoms in total. The highest BCUT2D eigenvalue weighted by molar-refractivity contribution is 9.10. The van der Waals surface area contributed by atoms with Crippen molar-refractivity contribution < 1.29 is 9.47 Å². The minimum Gasteiger partial charge on any atom is -0.491 e. The minimum atomic E-state index is 0.261. The van der Waals surface area contributed by atoms with Gasteiger partial charge < -0.3 is 9.47 Å². The molecule has 0 N–H and O–H groups in total. The van der Waals surface area contributed by atoms with Crippen LogP contribution in [0, 0.1) is 13.8 Å². The maximum Gasteiger partial charge on any atom is 0.120 e. The van der Waals surface area contributed by atoms with E-state index in [-0.39, 0.29) is 6.10 Å². The van der Waals surface area contributed by atoms with Gasteiger partial charge in [-0.05, 0) is 51.0 Å². The second-order valence-electron chi connectivity index (χ2n) is 4.14. The molecule has 0 amide bonds. The van der Waals surface area contributed by atoms with Crippen LogP contribution in [0.2, 0.25) is 0 Å². The SMILES string of the molecule is Cc1cc(OCCOC(C)C)cc(C)c1Br. The molecule has 90 valence electrons. The van der Waals surface area contributed by atoms with Crippen LogP contribution in [0.3, 0.4) is 0 Å². The van der Waals surface area contributed by atoms with Crippen LogP contribution in [0.4, 0.5) is 0 Å². The summed E-state index contributed by atoms with van der Waals surface area (Å²) < 4.78 is 12.2. The molecule has 0 saturated heterocycles. The monoisotopic (exact) mass is 286 g/mol. The first-order chi connectivity index (χ1) is 7.50. The molecule has 0 radical (unpaired) electrons. The lowest BCUT2D eigenvalue weighted by Gasteiger charge is -2.11. The smallest absolute Gasteiger partial charge is 0.120 e. The van der Waals surface area contributed by atoms with Crippen LogP contribution in [-0.2, 0) is 4.74 Å². The summed E-state index contributed by atoms with van der Waals surface area (Å²) in [5, 5.41) is 0. The Hall–Kier alpha value is -0.540. The van der Waals surface area contributed by atoms with Crippen LogP contribution in [-0.4, -0.2) is 19.3 Å². The van der Waals surface area contributed by atoms with E-state index < -0.39 is 0 Å². The Morgan fingerprint density at radius 2 is 1.69 bits per heavy atom. The fraction of sp³-hybridized carbons (Fsp3) is 0.538. The largest absolute Gasteiger partial charge is 0.491 e. The third-order valence-electron chi connectivity index (χ3n) is 2.21. The van der Waals surface area contributed by atoms with E-state index in [2.05, 4.69) is 29.8 Å². The Labute approximate surface area is 106 Å². The van der Waals surface area contributed by atoms with E-state index in [0.717, 1.165) is 10.2 Å². The molecular formula is C13H19BrO2. The Morgan fingerprint density at radius 3 is 2.19 bits per heavy atom. The summed E-state index contributed by atoms with van der Waals surface area (Å²) in [5.41, 5.74) is 2.39. The highest BCUT2D eigenvalue weighted by Gasteiger charge is 2.03. The molecule has 16 heavy (non-hydrogen) atoms. The molecular weight excluding hydrogens is 268 g/mol. The van der Waals surface area contributed by atoms with Crippen LogP contribution >= 0.6 is 15.9 Å². The van der Waals surface area contributed by atoms with Gasteiger partial charge in [0.15, 0.2) is 0 Å². The number of hydrogen-bond acceptors (Lipinski definition) is 2. The zero-order valence-electron chi connectivity index (χ0n) is 10.3. The zero-order valence-corrected chi connectivity index (χ0v) is 11.9. The van der Waals surface area contributed by atoms with Crippen molar-refractivity contribution in [3.8, 4) is 5.75 Å². The number of ether oxygens (including phenoxy) is 2. The van der Waals surface area contributed by atoms with E-state index in [1.165, 1.54) is 11.1 Å². The minimum absolute atomic E-state index is 0.261. The van der Waals surface area contributed by atoms with E-state index >= 15 is 0 Å². The fourth-order valence-electron chi connectivity index (χ4n) is 1.43. The normalized spacial score (nSPS) is 10.9. The molecule has 0 spiro atoms. The van der Waals surface area contributed by atoms with Crippen molar-refractivity contribution in [3.63, 3.8) is 0 Å². The second-order valence-corrected chi connectivity index (χ2v) is 4.93. The Bertz CT molecular complexity index is 325. The molecule has 1 aromatic carbocycles. The van der Waals surface area contributed by atoms with E-state index in [0.29, 0.717) is 13.2 Å². The van der Waals surface area contributed by atoms with Crippen molar-refractivity contribution in [2.45, 2.75) is 33.8 Å². The van der Waals surface area contributed by atoms with Gasteiger partial charge in [-0.2, -0.15) is 0 Å². The van der Waals surface area contributed by atoms with Crippen LogP contribution in [0.5, 0.6) is 5.75 Å². The van der Waals surface area contributed by atoms with E-state index in [4.69, 9.17) is 9.47 Å². The summed E-state index contributed by atoms with van der Waals surface area (Å²) in [6.07, 6.45) is 0.261. The topological polar surface area (TPSA) is 18.5 Å². The quantitative estimate of drug-likeness (QED) is 0.765. The Kier molecular flexibility index (Phi) is 5.29. The van der Waals surface area contributed by atoms with Gasteiger partial charge in [0, 0.05) is 4.47 Å². The van der Waals surface area contributed by atoms with Crippen molar-refractivity contribution in [2.75, 3.05) is 13.2 Å². The number of halogens is 1. The van der Waals surface area contributed by atoms with Crippen molar-refractivity contribution in [1.82, 2.24) is 0 Å². The first-order valence-electron chi connectivity index (χ1n) is 5.52. The molecule has 0 bridgehead atoms. The molecule has 0 atom stereocenters. The van der Waals surface area contributed by atoms with Gasteiger partial charge in [0.05, 0.1) is 12.7 Å². The average molecular weight is 287 g/mol. The molecule has 0 fully saturated rings. The molecule has 0 unspecified atom stereocenters. The van der Waals surface area contributed by atoms with Gasteiger partial charge in [0.2, 0.25) is 0 Å². The number of aryl methyl sites for hydroxylation is 2. The van der Waals surface area contributed by atoms with Crippen molar-refractivity contribution in [2.24, 2.45) is 0 Å². The zero-order chi connectivity index (χ0) is 12.1. The van der Waals surface area contributed by atoms with Crippen molar-refractivity contribution in [3.05, 3.63) is 27.7 Å². The Balaban J connectivity index is 2.49. The molecule has 0 aliphatic rings. The van der Waals surface area contributed by atoms with Gasteiger partial charge in [-0.25, -0.2) is 0 Å². The van der Waals surface area contributed by atoms with E-state index in [1.807, 2.05) is 26.0 Å². The lowest BCUT2D eigenvalue weighted by molar-refractivity contribution is 0.0552. The third kappa shape index (κ3) is 4.14. The molecule has 0 aromatic heterocycles. The maximum absolute atomic E-state index is 5.63. The molecule has 1 aromatic rings. The molecule has 0 aliphatic carbocycles. The van der Waals surface area contributed by atoms with Crippen molar-refractivity contribution in [1.29, 1.82) is 0 Å². The highest BCUT2D eigenvalue weighted by Crippen LogP contribution is 2.26. The first kappa shape index (κ1) is 13.5. The van der Waals surface area contributed by atoms with Gasteiger partial charge in [-0.15, -0.1) is 0 Å². The second kappa shape index (κ2) is 6.26. The number of hydrogen-bond donors (Lipinski definition) is 0. The lowest BCUT2D eigenvalue weighted by Crippen LogP contribution is -2.11. The van der Waals surface area contributed by atoms with Crippen LogP contribution in [0.25, 0.3) is 0 Å². The first-order valence-corrected chi connectivity index (χ1v) is 6.31. The Morgan fingerprint density at radius 1 is 1.12 bits per heavy atom. The highest BCUT2D eigenvalue weighted by atomic mass is 79.9. The van der Waals surface area contributed by atoms with Crippen molar-refractivity contribution >= 4 is 15.9 Å². The number of rotatable bonds is 5. The van der Waals surface area contributed by atoms with Gasteiger partial charge in [-0.3, -0.25) is 0 Å². The summed E-state index contributed by atoms with van der Waals surface area (Å²) in [6, 6.07) is 4.07. The van der Waals surface area contributed by atoms with Crippen LogP contribution < -0.4 is 4.74 Å². The average Bonchev–Trinajstić information content (AvgIpc) is 2.20. The van der Waals surface area contributed by atoms with Gasteiger partial charge in [0.25, 0.3) is 0 Å². The van der Waals surface area contributed by atoms with E-state index in [1.54, 1.807) is 0 Å². The predicted molar refractivity (Wildman–Crippen MR) is 70.2 cm³/mol. The summed E-state index contributed by atoms with van der Waals surface area (Å²) in [7, 11) is 0. The molecule has 3 heteroatoms. The summed E-state index contributed by atoms with van der Waals surface area (Å²) in [6.45, 7) is 9.40. The summed E-state index contributed by atoms with van der Waals surface area (Å²) in [5.74, 6) is 0.908. The van der Waals surface area contributed by atoms with E-state index in [9.17, 15) is 0 Å². The number of benzene rings is 1. The summed E-state index contributed by atoms with van der Waals surface area (Å²) >= 11 is 3.53. The molecule has 1 rings (SSSR count). The van der Waals surface area contributed by atoms with Gasteiger partial charge in [0.1, 0.15) is 12.4 Å². The lowest BCUT2D eigenvalue weighted by atomic mass is 10.1. The van der Waals surface area contributed by atoms with Crippen LogP contribution in [0.1, 0.15) is 25.0 Å². The molecule has 0 heterocycles. The standard InChI is InChI=1S/C13H19BrO2/c1-9(2)15-5-6-16-12-7-10(3)13(14)11(4)8-12/h7-9H,5-6H2,1-4H3.